The fraction of sp³-hybridized carbons (Fsp3) is 0.326. The fourth-order valence-electron chi connectivity index (χ4n) is 7.68. The molecule has 22 heteroatoms. The first-order chi connectivity index (χ1) is 30.5. The normalized spacial score (nSPS) is 34.4. The van der Waals surface area contributed by atoms with Gasteiger partial charge in [-0.3, -0.25) is 24.0 Å². The zero-order valence-electron chi connectivity index (χ0n) is 33.3. The highest BCUT2D eigenvalue weighted by atomic mass is 16.6. The number of benzene rings is 2. The summed E-state index contributed by atoms with van der Waals surface area (Å²) < 4.78 is 10.7. The summed E-state index contributed by atoms with van der Waals surface area (Å²) >= 11 is 0. The number of hydrogen-bond donors (Lipinski definition) is 15. The van der Waals surface area contributed by atoms with Crippen molar-refractivity contribution in [1.29, 1.82) is 0 Å². The fourth-order valence-corrected chi connectivity index (χ4v) is 7.68. The molecule has 6 rings (SSSR count). The van der Waals surface area contributed by atoms with Gasteiger partial charge in [0.2, 0.25) is 28.6 Å². The Labute approximate surface area is 365 Å². The maximum absolute atomic E-state index is 14.5. The number of phenolic OH excluding ortho intramolecular Hbond substituents is 2. The standard InChI is InChI=1S/C43H42O22/c44-14-24-30(52)32(54)34(56)40(64-24)42(62)36(58)20(28(50)26(38(42)60)22(48)11-5-16-1-7-18(46)8-2-16)13-21-29(51)27(23(49)12-6-17-3-9-19(47)10-4-17)39(61)43(63,37(21)59)41-35(57)33(55)31(53)25(15-45)65-41/h1-13,24-25,30-35,40-41,44-47,52-58,60-63H,14-15H2/b11-5+,12-6+,21-13-/t24-,25-,30-,31-,32+,33+,34-,35-,40?,41?,42+,43-/m1/s1. The molecular formula is C43H42O22. The molecule has 0 bridgehead atoms. The molecule has 2 aromatic rings. The highest BCUT2D eigenvalue weighted by Crippen LogP contribution is 2.45. The lowest BCUT2D eigenvalue weighted by atomic mass is 9.70. The van der Waals surface area contributed by atoms with Gasteiger partial charge in [0.1, 0.15) is 101 Å². The lowest BCUT2D eigenvalue weighted by molar-refractivity contribution is -0.265. The van der Waals surface area contributed by atoms with Gasteiger partial charge >= 0.3 is 0 Å². The number of ether oxygens (including phenoxy) is 2. The Bertz CT molecular complexity index is 2460. The first-order valence-electron chi connectivity index (χ1n) is 19.3. The summed E-state index contributed by atoms with van der Waals surface area (Å²) in [6.07, 6.45) is -19.9. The predicted octanol–water partition coefficient (Wildman–Crippen LogP) is -3.79. The molecule has 2 saturated heterocycles. The van der Waals surface area contributed by atoms with Crippen LogP contribution in [0.3, 0.4) is 0 Å². The maximum Gasteiger partial charge on any atom is 0.214 e. The van der Waals surface area contributed by atoms with Gasteiger partial charge in [0.05, 0.1) is 24.4 Å². The molecule has 0 amide bonds. The molecule has 12 atom stereocenters. The maximum atomic E-state index is 14.5. The molecule has 2 aliphatic carbocycles. The molecule has 2 aliphatic heterocycles. The Balaban J connectivity index is 1.59. The minimum absolute atomic E-state index is 0.0686. The average Bonchev–Trinajstić information content (AvgIpc) is 3.28. The third kappa shape index (κ3) is 8.22. The van der Waals surface area contributed by atoms with E-state index in [1.807, 2.05) is 0 Å². The number of phenols is 2. The zero-order valence-corrected chi connectivity index (χ0v) is 33.3. The summed E-state index contributed by atoms with van der Waals surface area (Å²) in [5, 5.41) is 162. The van der Waals surface area contributed by atoms with Crippen LogP contribution in [0.5, 0.6) is 11.5 Å². The molecular weight excluding hydrogens is 868 g/mol. The topological polar surface area (TPSA) is 407 Å². The minimum Gasteiger partial charge on any atom is -0.508 e. The van der Waals surface area contributed by atoms with E-state index in [-0.39, 0.29) is 28.7 Å². The smallest absolute Gasteiger partial charge is 0.214 e. The van der Waals surface area contributed by atoms with Crippen LogP contribution in [0.25, 0.3) is 12.2 Å². The van der Waals surface area contributed by atoms with Crippen LogP contribution < -0.4 is 0 Å². The van der Waals surface area contributed by atoms with Crippen molar-refractivity contribution in [3.63, 3.8) is 0 Å². The monoisotopic (exact) mass is 910 g/mol. The highest BCUT2D eigenvalue weighted by molar-refractivity contribution is 6.42. The molecule has 65 heavy (non-hydrogen) atoms. The van der Waals surface area contributed by atoms with Crippen molar-refractivity contribution >= 4 is 41.1 Å². The predicted molar refractivity (Wildman–Crippen MR) is 214 cm³/mol. The third-order valence-corrected chi connectivity index (χ3v) is 11.4. The van der Waals surface area contributed by atoms with Gasteiger partial charge in [-0.25, -0.2) is 0 Å². The van der Waals surface area contributed by atoms with Crippen LogP contribution in [-0.4, -0.2) is 191 Å². The van der Waals surface area contributed by atoms with Crippen LogP contribution in [0.2, 0.25) is 0 Å². The summed E-state index contributed by atoms with van der Waals surface area (Å²) in [7, 11) is 0. The Morgan fingerprint density at radius 3 is 1.34 bits per heavy atom. The van der Waals surface area contributed by atoms with Crippen molar-refractivity contribution in [2.24, 2.45) is 0 Å². The highest BCUT2D eigenvalue weighted by Gasteiger charge is 2.64. The molecule has 0 radical (unpaired) electrons. The number of carbonyl (C=O) groups is 5. The SMILES string of the molecule is O=C(/C=C/c1ccc(O)cc1)C1=C(O)[C@](O)(C2O[C@H](CO)[C@@H](O)[C@H](O)[C@H]2O)C(O)=C(/C=C2/C(=O)C(C(=O)/C=C/c3ccc(O)cc3)=C(O)[C@@](O)(C3O[C@H](CO)[C@@H](O)[C@H](O)[C@H]3O)C2=O)C1=O. The van der Waals surface area contributed by atoms with Gasteiger partial charge in [-0.15, -0.1) is 0 Å². The quantitative estimate of drug-likeness (QED) is 0.0759. The van der Waals surface area contributed by atoms with E-state index in [1.165, 1.54) is 48.5 Å². The molecule has 4 aliphatic rings. The Morgan fingerprint density at radius 2 is 0.923 bits per heavy atom. The van der Waals surface area contributed by atoms with Crippen LogP contribution >= 0.6 is 0 Å². The second-order valence-electron chi connectivity index (χ2n) is 15.4. The van der Waals surface area contributed by atoms with Crippen molar-refractivity contribution in [2.45, 2.75) is 72.2 Å². The van der Waals surface area contributed by atoms with E-state index >= 15 is 0 Å². The van der Waals surface area contributed by atoms with E-state index in [9.17, 15) is 101 Å². The van der Waals surface area contributed by atoms with Crippen LogP contribution in [0.1, 0.15) is 11.1 Å². The van der Waals surface area contributed by atoms with Gasteiger partial charge < -0.3 is 86.1 Å². The van der Waals surface area contributed by atoms with E-state index in [0.29, 0.717) is 12.2 Å². The number of ketones is 5. The summed E-state index contributed by atoms with van der Waals surface area (Å²) in [6, 6.07) is 9.97. The van der Waals surface area contributed by atoms with Crippen LogP contribution in [-0.2, 0) is 33.4 Å². The van der Waals surface area contributed by atoms with E-state index in [2.05, 4.69) is 0 Å². The van der Waals surface area contributed by atoms with E-state index in [0.717, 1.165) is 12.2 Å². The molecule has 22 nitrogen and oxygen atoms in total. The van der Waals surface area contributed by atoms with Gasteiger partial charge in [0, 0.05) is 0 Å². The van der Waals surface area contributed by atoms with Gasteiger partial charge in [-0.1, -0.05) is 36.4 Å². The lowest BCUT2D eigenvalue weighted by Gasteiger charge is -2.47. The molecule has 0 saturated carbocycles. The summed E-state index contributed by atoms with van der Waals surface area (Å²) in [5.41, 5.74) is -13.4. The van der Waals surface area contributed by atoms with E-state index < -0.39 is 154 Å². The Morgan fingerprint density at radius 1 is 0.538 bits per heavy atom. The second kappa shape index (κ2) is 18.3. The van der Waals surface area contributed by atoms with E-state index in [1.54, 1.807) is 0 Å². The van der Waals surface area contributed by atoms with Crippen LogP contribution in [0, 0.1) is 0 Å². The second-order valence-corrected chi connectivity index (χ2v) is 15.4. The number of carbonyl (C=O) groups excluding carboxylic acids is 5. The molecule has 0 spiro atoms. The number of allylic oxidation sites excluding steroid dienone is 6. The van der Waals surface area contributed by atoms with Crippen LogP contribution in [0.15, 0.2) is 106 Å². The number of aliphatic hydroxyl groups is 13. The van der Waals surface area contributed by atoms with Crippen molar-refractivity contribution in [2.75, 3.05) is 13.2 Å². The van der Waals surface area contributed by atoms with Crippen molar-refractivity contribution in [1.82, 2.24) is 0 Å². The molecule has 15 N–H and O–H groups in total. The Kier molecular flexibility index (Phi) is 13.6. The molecule has 2 unspecified atom stereocenters. The minimum atomic E-state index is -3.89. The molecule has 0 aromatic heterocycles. The third-order valence-electron chi connectivity index (χ3n) is 11.4. The van der Waals surface area contributed by atoms with Gasteiger partial charge in [0.15, 0.2) is 11.6 Å². The number of hydrogen-bond acceptors (Lipinski definition) is 22. The van der Waals surface area contributed by atoms with Gasteiger partial charge in [-0.2, -0.15) is 0 Å². The number of rotatable bonds is 11. The molecule has 2 fully saturated rings. The van der Waals surface area contributed by atoms with Crippen molar-refractivity contribution in [3.8, 4) is 11.5 Å². The largest absolute Gasteiger partial charge is 0.508 e. The average molecular weight is 911 g/mol. The summed E-state index contributed by atoms with van der Waals surface area (Å²) in [5.74, 6) is -14.7. The molecule has 2 heterocycles. The Hall–Kier alpha value is -6.25. The van der Waals surface area contributed by atoms with Gasteiger partial charge in [-0.05, 0) is 53.6 Å². The van der Waals surface area contributed by atoms with Crippen molar-refractivity contribution in [3.05, 3.63) is 117 Å². The zero-order chi connectivity index (χ0) is 48.0. The van der Waals surface area contributed by atoms with Crippen LogP contribution in [0.4, 0.5) is 0 Å². The summed E-state index contributed by atoms with van der Waals surface area (Å²) in [6.45, 7) is -2.32. The van der Waals surface area contributed by atoms with Gasteiger partial charge in [0.25, 0.3) is 0 Å². The first kappa shape index (κ1) is 48.2. The first-order valence-corrected chi connectivity index (χ1v) is 19.3. The summed E-state index contributed by atoms with van der Waals surface area (Å²) in [4.78, 5) is 70.9. The number of aliphatic hydroxyl groups excluding tert-OH is 11. The lowest BCUT2D eigenvalue weighted by Crippen LogP contribution is -2.69. The number of Topliss-reactive ketones (excluding diaryl/α,β-unsaturated/α-hetero) is 3. The molecule has 2 aromatic carbocycles. The van der Waals surface area contributed by atoms with Crippen molar-refractivity contribution < 1.29 is 110 Å². The number of aromatic hydroxyl groups is 2. The molecule has 346 valence electrons. The van der Waals surface area contributed by atoms with E-state index in [4.69, 9.17) is 9.47 Å².